The molecule has 2 rings (SSSR count). The quantitative estimate of drug-likeness (QED) is 0.616. The number of esters is 1. The highest BCUT2D eigenvalue weighted by Crippen LogP contribution is 2.24. The van der Waals surface area contributed by atoms with Gasteiger partial charge in [-0.3, -0.25) is 4.79 Å². The fraction of sp³-hybridized carbons (Fsp3) is 0.500. The van der Waals surface area contributed by atoms with Crippen molar-refractivity contribution >= 4 is 17.8 Å². The summed E-state index contributed by atoms with van der Waals surface area (Å²) in [7, 11) is 0. The summed E-state index contributed by atoms with van der Waals surface area (Å²) in [5.74, 6) is -2.10. The Morgan fingerprint density at radius 2 is 1.92 bits per heavy atom. The molecule has 1 atom stereocenters. The molecule has 7 heteroatoms. The van der Waals surface area contributed by atoms with E-state index >= 15 is 4.39 Å². The van der Waals surface area contributed by atoms with Crippen LogP contribution in [0.5, 0.6) is 0 Å². The van der Waals surface area contributed by atoms with Gasteiger partial charge in [-0.05, 0) is 25.3 Å². The van der Waals surface area contributed by atoms with Crippen LogP contribution in [-0.4, -0.2) is 48.1 Å². The standard InChI is InChI=1S/C18H22FNO5/c1-2-24-16(22)18(19)13-20(11-7-6-10-15(18)21)17(23)25-12-14-8-4-3-5-9-14/h3-5,8-9H,2,6-7,10-13H2,1H3. The summed E-state index contributed by atoms with van der Waals surface area (Å²) in [5, 5.41) is 0. The molecule has 0 N–H and O–H groups in total. The van der Waals surface area contributed by atoms with Crippen molar-refractivity contribution in [3.63, 3.8) is 0 Å². The normalized spacial score (nSPS) is 21.2. The minimum absolute atomic E-state index is 0.0306. The van der Waals surface area contributed by atoms with Crippen LogP contribution in [0.3, 0.4) is 0 Å². The summed E-state index contributed by atoms with van der Waals surface area (Å²) in [6.45, 7) is 1.05. The Morgan fingerprint density at radius 3 is 2.60 bits per heavy atom. The predicted octanol–water partition coefficient (Wildman–Crippen LogP) is 2.65. The molecule has 1 aromatic carbocycles. The number of carbonyl (C=O) groups excluding carboxylic acids is 3. The first-order chi connectivity index (χ1) is 12.0. The topological polar surface area (TPSA) is 72.9 Å². The average Bonchev–Trinajstić information content (AvgIpc) is 2.61. The molecule has 1 aliphatic rings. The van der Waals surface area contributed by atoms with E-state index in [2.05, 4.69) is 0 Å². The van der Waals surface area contributed by atoms with Gasteiger partial charge in [-0.1, -0.05) is 30.3 Å². The van der Waals surface area contributed by atoms with Crippen molar-refractivity contribution in [1.82, 2.24) is 4.90 Å². The van der Waals surface area contributed by atoms with Crippen LogP contribution >= 0.6 is 0 Å². The molecule has 0 aliphatic carbocycles. The van der Waals surface area contributed by atoms with Crippen molar-refractivity contribution in [3.05, 3.63) is 35.9 Å². The number of likely N-dealkylation sites (tertiary alicyclic amines) is 1. The SMILES string of the molecule is CCOC(=O)C1(F)CN(C(=O)OCc2ccccc2)CCCCC1=O. The molecule has 0 bridgehead atoms. The smallest absolute Gasteiger partial charge is 0.410 e. The summed E-state index contributed by atoms with van der Waals surface area (Å²) in [6, 6.07) is 9.05. The number of rotatable bonds is 4. The Hall–Kier alpha value is -2.44. The lowest BCUT2D eigenvalue weighted by Crippen LogP contribution is -2.54. The van der Waals surface area contributed by atoms with Crippen LogP contribution in [0, 0.1) is 0 Å². The van der Waals surface area contributed by atoms with Gasteiger partial charge in [-0.25, -0.2) is 14.0 Å². The van der Waals surface area contributed by atoms with Crippen LogP contribution in [0.25, 0.3) is 0 Å². The number of halogens is 1. The summed E-state index contributed by atoms with van der Waals surface area (Å²) < 4.78 is 25.0. The highest BCUT2D eigenvalue weighted by Gasteiger charge is 2.50. The van der Waals surface area contributed by atoms with Crippen LogP contribution in [-0.2, 0) is 25.7 Å². The molecule has 0 saturated carbocycles. The fourth-order valence-corrected chi connectivity index (χ4v) is 2.61. The Balaban J connectivity index is 2.08. The van der Waals surface area contributed by atoms with Crippen molar-refractivity contribution < 1.29 is 28.2 Å². The van der Waals surface area contributed by atoms with Gasteiger partial charge in [-0.15, -0.1) is 0 Å². The van der Waals surface area contributed by atoms with Crippen molar-refractivity contribution in [2.45, 2.75) is 38.5 Å². The number of ketones is 1. The van der Waals surface area contributed by atoms with Crippen molar-refractivity contribution in [2.75, 3.05) is 19.7 Å². The summed E-state index contributed by atoms with van der Waals surface area (Å²) in [5.41, 5.74) is -2.06. The molecule has 1 heterocycles. The maximum absolute atomic E-state index is 15.1. The Kier molecular flexibility index (Phi) is 6.50. The third kappa shape index (κ3) is 4.78. The van der Waals surface area contributed by atoms with Gasteiger partial charge in [0.15, 0.2) is 5.78 Å². The van der Waals surface area contributed by atoms with E-state index in [1.807, 2.05) is 18.2 Å². The minimum atomic E-state index is -2.85. The van der Waals surface area contributed by atoms with Gasteiger partial charge in [0.1, 0.15) is 6.61 Å². The maximum atomic E-state index is 15.1. The second-order valence-corrected chi connectivity index (χ2v) is 5.86. The van der Waals surface area contributed by atoms with E-state index in [4.69, 9.17) is 9.47 Å². The molecule has 1 amide bonds. The number of ether oxygens (including phenoxy) is 2. The van der Waals surface area contributed by atoms with E-state index in [-0.39, 0.29) is 26.2 Å². The zero-order chi connectivity index (χ0) is 18.3. The number of Topliss-reactive ketones (excluding diaryl/α,β-unsaturated/α-hetero) is 1. The predicted molar refractivity (Wildman–Crippen MR) is 87.5 cm³/mol. The summed E-state index contributed by atoms with van der Waals surface area (Å²) in [4.78, 5) is 37.4. The lowest BCUT2D eigenvalue weighted by atomic mass is 9.93. The molecular formula is C18H22FNO5. The molecule has 1 unspecified atom stereocenters. The molecule has 0 radical (unpaired) electrons. The number of hydrogen-bond donors (Lipinski definition) is 0. The van der Waals surface area contributed by atoms with E-state index in [9.17, 15) is 14.4 Å². The number of nitrogens with zero attached hydrogens (tertiary/aromatic N) is 1. The molecule has 0 spiro atoms. The van der Waals surface area contributed by atoms with Crippen molar-refractivity contribution in [2.24, 2.45) is 0 Å². The Morgan fingerprint density at radius 1 is 1.20 bits per heavy atom. The highest BCUT2D eigenvalue weighted by atomic mass is 19.1. The number of carbonyl (C=O) groups is 3. The molecule has 1 saturated heterocycles. The van der Waals surface area contributed by atoms with Gasteiger partial charge >= 0.3 is 12.1 Å². The third-order valence-corrected chi connectivity index (χ3v) is 3.99. The van der Waals surface area contributed by atoms with Crippen molar-refractivity contribution in [3.8, 4) is 0 Å². The Bertz CT molecular complexity index is 611. The Labute approximate surface area is 145 Å². The third-order valence-electron chi connectivity index (χ3n) is 3.99. The van der Waals surface area contributed by atoms with Gasteiger partial charge in [0, 0.05) is 13.0 Å². The lowest BCUT2D eigenvalue weighted by Gasteiger charge is -2.31. The van der Waals surface area contributed by atoms with E-state index in [1.54, 1.807) is 12.1 Å². The van der Waals surface area contributed by atoms with Gasteiger partial charge in [-0.2, -0.15) is 0 Å². The first-order valence-corrected chi connectivity index (χ1v) is 8.32. The fourth-order valence-electron chi connectivity index (χ4n) is 2.61. The second kappa shape index (κ2) is 8.60. The zero-order valence-electron chi connectivity index (χ0n) is 14.2. The molecule has 1 fully saturated rings. The minimum Gasteiger partial charge on any atom is -0.463 e. The van der Waals surface area contributed by atoms with Crippen molar-refractivity contribution in [1.29, 1.82) is 0 Å². The first kappa shape index (κ1) is 18.9. The second-order valence-electron chi connectivity index (χ2n) is 5.86. The lowest BCUT2D eigenvalue weighted by molar-refractivity contribution is -0.164. The molecular weight excluding hydrogens is 329 g/mol. The summed E-state index contributed by atoms with van der Waals surface area (Å²) >= 11 is 0. The first-order valence-electron chi connectivity index (χ1n) is 8.32. The molecule has 0 aromatic heterocycles. The zero-order valence-corrected chi connectivity index (χ0v) is 14.2. The van der Waals surface area contributed by atoms with Gasteiger partial charge < -0.3 is 14.4 Å². The van der Waals surface area contributed by atoms with E-state index in [0.29, 0.717) is 12.8 Å². The number of amides is 1. The highest BCUT2D eigenvalue weighted by molar-refractivity contribution is 6.07. The largest absolute Gasteiger partial charge is 0.463 e. The average molecular weight is 351 g/mol. The van der Waals surface area contributed by atoms with Crippen LogP contribution in [0.1, 0.15) is 31.7 Å². The van der Waals surface area contributed by atoms with Crippen LogP contribution in [0.2, 0.25) is 0 Å². The van der Waals surface area contributed by atoms with E-state index < -0.39 is 30.1 Å². The monoisotopic (exact) mass is 351 g/mol. The summed E-state index contributed by atoms with van der Waals surface area (Å²) in [6.07, 6.45) is 0.115. The van der Waals surface area contributed by atoms with Gasteiger partial charge in [0.2, 0.25) is 0 Å². The number of benzene rings is 1. The van der Waals surface area contributed by atoms with Crippen LogP contribution in [0.4, 0.5) is 9.18 Å². The van der Waals surface area contributed by atoms with Crippen LogP contribution in [0.15, 0.2) is 30.3 Å². The number of hydrogen-bond acceptors (Lipinski definition) is 5. The molecule has 1 aromatic rings. The van der Waals surface area contributed by atoms with E-state index in [0.717, 1.165) is 10.5 Å². The van der Waals surface area contributed by atoms with Gasteiger partial charge in [0.05, 0.1) is 13.2 Å². The number of alkyl halides is 1. The molecule has 6 nitrogen and oxygen atoms in total. The molecule has 25 heavy (non-hydrogen) atoms. The molecule has 136 valence electrons. The van der Waals surface area contributed by atoms with E-state index in [1.165, 1.54) is 6.92 Å². The maximum Gasteiger partial charge on any atom is 0.410 e. The van der Waals surface area contributed by atoms with Gasteiger partial charge in [0.25, 0.3) is 5.67 Å². The van der Waals surface area contributed by atoms with Crippen LogP contribution < -0.4 is 0 Å². The molecule has 1 aliphatic heterocycles.